The zero-order valence-electron chi connectivity index (χ0n) is 10.2. The molecule has 1 rings (SSSR count). The van der Waals surface area contributed by atoms with Gasteiger partial charge in [-0.25, -0.2) is 0 Å². The number of nitrogens with one attached hydrogen (secondary N) is 1. The van der Waals surface area contributed by atoms with E-state index in [1.165, 1.54) is 25.9 Å². The quantitative estimate of drug-likeness (QED) is 0.673. The Morgan fingerprint density at radius 3 is 2.43 bits per heavy atom. The van der Waals surface area contributed by atoms with Crippen molar-refractivity contribution in [2.45, 2.75) is 39.7 Å². The second kappa shape index (κ2) is 5.72. The summed E-state index contributed by atoms with van der Waals surface area (Å²) in [6, 6.07) is 0.853. The Hall–Kier alpha value is -0.0800. The van der Waals surface area contributed by atoms with E-state index in [1.54, 1.807) is 0 Å². The average Bonchev–Trinajstić information content (AvgIpc) is 2.87. The van der Waals surface area contributed by atoms with Gasteiger partial charge in [0.05, 0.1) is 0 Å². The van der Waals surface area contributed by atoms with Gasteiger partial charge in [-0.05, 0) is 31.7 Å². The molecule has 1 N–H and O–H groups in total. The van der Waals surface area contributed by atoms with E-state index in [9.17, 15) is 0 Å². The van der Waals surface area contributed by atoms with Gasteiger partial charge in [-0.15, -0.1) is 0 Å². The van der Waals surface area contributed by atoms with E-state index in [0.29, 0.717) is 0 Å². The standard InChI is InChI=1S/C12H26N2/c1-10(2)11(3)9-14(4)8-7-13-12-5-6-12/h10-13H,5-9H2,1-4H3. The SMILES string of the molecule is CC(C)C(C)CN(C)CCNC1CC1. The van der Waals surface area contributed by atoms with Gasteiger partial charge in [0.1, 0.15) is 0 Å². The lowest BCUT2D eigenvalue weighted by molar-refractivity contribution is 0.249. The van der Waals surface area contributed by atoms with E-state index in [0.717, 1.165) is 24.4 Å². The summed E-state index contributed by atoms with van der Waals surface area (Å²) in [7, 11) is 2.23. The largest absolute Gasteiger partial charge is 0.313 e. The Balaban J connectivity index is 1.99. The third-order valence-corrected chi connectivity index (χ3v) is 3.24. The zero-order valence-corrected chi connectivity index (χ0v) is 10.2. The molecule has 1 atom stereocenters. The summed E-state index contributed by atoms with van der Waals surface area (Å²) in [4.78, 5) is 2.44. The highest BCUT2D eigenvalue weighted by atomic mass is 15.1. The van der Waals surface area contributed by atoms with Crippen LogP contribution in [0.2, 0.25) is 0 Å². The zero-order chi connectivity index (χ0) is 10.6. The monoisotopic (exact) mass is 198 g/mol. The van der Waals surface area contributed by atoms with Crippen molar-refractivity contribution < 1.29 is 0 Å². The predicted octanol–water partition coefficient (Wildman–Crippen LogP) is 1.96. The number of hydrogen-bond donors (Lipinski definition) is 1. The van der Waals surface area contributed by atoms with Crippen LogP contribution in [-0.4, -0.2) is 37.6 Å². The van der Waals surface area contributed by atoms with Gasteiger partial charge in [0, 0.05) is 25.7 Å². The average molecular weight is 198 g/mol. The van der Waals surface area contributed by atoms with Gasteiger partial charge in [0.25, 0.3) is 0 Å². The molecule has 0 amide bonds. The van der Waals surface area contributed by atoms with Crippen molar-refractivity contribution in [3.05, 3.63) is 0 Å². The Labute approximate surface area is 89.1 Å². The summed E-state index contributed by atoms with van der Waals surface area (Å²) in [5, 5.41) is 3.55. The molecule has 1 unspecified atom stereocenters. The van der Waals surface area contributed by atoms with E-state index in [2.05, 4.69) is 38.0 Å². The lowest BCUT2D eigenvalue weighted by atomic mass is 9.98. The molecule has 0 saturated heterocycles. The van der Waals surface area contributed by atoms with Crippen molar-refractivity contribution in [2.24, 2.45) is 11.8 Å². The molecule has 0 aromatic heterocycles. The molecule has 0 bridgehead atoms. The van der Waals surface area contributed by atoms with Gasteiger partial charge in [0.2, 0.25) is 0 Å². The number of hydrogen-bond acceptors (Lipinski definition) is 2. The van der Waals surface area contributed by atoms with Gasteiger partial charge < -0.3 is 10.2 Å². The molecule has 0 aliphatic heterocycles. The minimum absolute atomic E-state index is 0.800. The van der Waals surface area contributed by atoms with E-state index in [4.69, 9.17) is 0 Å². The molecule has 1 aliphatic rings. The fourth-order valence-electron chi connectivity index (χ4n) is 1.54. The van der Waals surface area contributed by atoms with Gasteiger partial charge in [-0.3, -0.25) is 0 Å². The molecular formula is C12H26N2. The molecule has 0 aromatic carbocycles. The van der Waals surface area contributed by atoms with Crippen LogP contribution in [-0.2, 0) is 0 Å². The van der Waals surface area contributed by atoms with Crippen molar-refractivity contribution >= 4 is 0 Å². The van der Waals surface area contributed by atoms with Crippen molar-refractivity contribution in [1.82, 2.24) is 10.2 Å². The number of likely N-dealkylation sites (N-methyl/N-ethyl adjacent to an activating group) is 1. The smallest absolute Gasteiger partial charge is 0.0104 e. The highest BCUT2D eigenvalue weighted by Crippen LogP contribution is 2.18. The van der Waals surface area contributed by atoms with Gasteiger partial charge in [-0.2, -0.15) is 0 Å². The van der Waals surface area contributed by atoms with Crippen LogP contribution in [0.3, 0.4) is 0 Å². The molecule has 1 fully saturated rings. The minimum Gasteiger partial charge on any atom is -0.313 e. The van der Waals surface area contributed by atoms with Crippen LogP contribution in [0.4, 0.5) is 0 Å². The van der Waals surface area contributed by atoms with Crippen molar-refractivity contribution in [3.8, 4) is 0 Å². The van der Waals surface area contributed by atoms with Crippen LogP contribution >= 0.6 is 0 Å². The summed E-state index contributed by atoms with van der Waals surface area (Å²) in [6.45, 7) is 10.5. The molecule has 0 radical (unpaired) electrons. The maximum atomic E-state index is 3.55. The summed E-state index contributed by atoms with van der Waals surface area (Å²) >= 11 is 0. The van der Waals surface area contributed by atoms with Crippen molar-refractivity contribution in [3.63, 3.8) is 0 Å². The highest BCUT2D eigenvalue weighted by Gasteiger charge is 2.19. The fraction of sp³-hybridized carbons (Fsp3) is 1.00. The van der Waals surface area contributed by atoms with Crippen molar-refractivity contribution in [1.29, 1.82) is 0 Å². The first-order chi connectivity index (χ1) is 6.59. The van der Waals surface area contributed by atoms with Crippen LogP contribution in [0, 0.1) is 11.8 Å². The van der Waals surface area contributed by atoms with E-state index >= 15 is 0 Å². The topological polar surface area (TPSA) is 15.3 Å². The molecule has 2 heteroatoms. The molecule has 0 heterocycles. The third-order valence-electron chi connectivity index (χ3n) is 3.24. The van der Waals surface area contributed by atoms with E-state index in [1.807, 2.05) is 0 Å². The predicted molar refractivity (Wildman–Crippen MR) is 62.5 cm³/mol. The first-order valence-corrected chi connectivity index (χ1v) is 6.01. The van der Waals surface area contributed by atoms with Crippen LogP contribution < -0.4 is 5.32 Å². The third kappa shape index (κ3) is 4.97. The Bertz CT molecular complexity index is 152. The Morgan fingerprint density at radius 1 is 1.29 bits per heavy atom. The first-order valence-electron chi connectivity index (χ1n) is 6.01. The molecule has 1 aliphatic carbocycles. The van der Waals surface area contributed by atoms with E-state index in [-0.39, 0.29) is 0 Å². The Morgan fingerprint density at radius 2 is 1.93 bits per heavy atom. The lowest BCUT2D eigenvalue weighted by Gasteiger charge is -2.23. The second-order valence-corrected chi connectivity index (χ2v) is 5.21. The highest BCUT2D eigenvalue weighted by molar-refractivity contribution is 4.80. The van der Waals surface area contributed by atoms with Crippen molar-refractivity contribution in [2.75, 3.05) is 26.7 Å². The van der Waals surface area contributed by atoms with Gasteiger partial charge >= 0.3 is 0 Å². The molecule has 84 valence electrons. The maximum Gasteiger partial charge on any atom is 0.0104 e. The molecule has 1 saturated carbocycles. The summed E-state index contributed by atoms with van der Waals surface area (Å²) in [6.07, 6.45) is 2.79. The number of rotatable bonds is 7. The number of nitrogens with zero attached hydrogens (tertiary/aromatic N) is 1. The van der Waals surface area contributed by atoms with Gasteiger partial charge in [0.15, 0.2) is 0 Å². The normalized spacial score (nSPS) is 19.3. The van der Waals surface area contributed by atoms with Crippen LogP contribution in [0.15, 0.2) is 0 Å². The van der Waals surface area contributed by atoms with Crippen LogP contribution in [0.1, 0.15) is 33.6 Å². The molecular weight excluding hydrogens is 172 g/mol. The molecule has 0 spiro atoms. The molecule has 0 aromatic rings. The van der Waals surface area contributed by atoms with Gasteiger partial charge in [-0.1, -0.05) is 20.8 Å². The minimum atomic E-state index is 0.800. The van der Waals surface area contributed by atoms with E-state index < -0.39 is 0 Å². The Kier molecular flexibility index (Phi) is 4.90. The van der Waals surface area contributed by atoms with Crippen LogP contribution in [0.25, 0.3) is 0 Å². The molecule has 14 heavy (non-hydrogen) atoms. The fourth-order valence-corrected chi connectivity index (χ4v) is 1.54. The van der Waals surface area contributed by atoms with Crippen LogP contribution in [0.5, 0.6) is 0 Å². The summed E-state index contributed by atoms with van der Waals surface area (Å²) in [5.74, 6) is 1.61. The summed E-state index contributed by atoms with van der Waals surface area (Å²) in [5.41, 5.74) is 0. The lowest BCUT2D eigenvalue weighted by Crippen LogP contribution is -2.34. The summed E-state index contributed by atoms with van der Waals surface area (Å²) < 4.78 is 0. The molecule has 2 nitrogen and oxygen atoms in total. The maximum absolute atomic E-state index is 3.55. The first kappa shape index (κ1) is 12.0. The second-order valence-electron chi connectivity index (χ2n) is 5.21.